The SMILES string of the molecule is CC1=NN(c2c(F)c(F)c(F)c(F)c2F)C(=O)/C1=C\c1cc(Cl)cc(Br)c1OCc1ccc(Cl)cc1. The van der Waals surface area contributed by atoms with Crippen molar-refractivity contribution in [1.82, 2.24) is 0 Å². The molecule has 36 heavy (non-hydrogen) atoms. The number of amides is 1. The van der Waals surface area contributed by atoms with Crippen LogP contribution in [0.4, 0.5) is 27.6 Å². The fourth-order valence-corrected chi connectivity index (χ4v) is 4.42. The predicted molar refractivity (Wildman–Crippen MR) is 130 cm³/mol. The summed E-state index contributed by atoms with van der Waals surface area (Å²) in [5.41, 5.74) is -0.619. The summed E-state index contributed by atoms with van der Waals surface area (Å²) < 4.78 is 75.8. The van der Waals surface area contributed by atoms with Gasteiger partial charge in [-0.25, -0.2) is 22.0 Å². The van der Waals surface area contributed by atoms with Crippen molar-refractivity contribution in [3.8, 4) is 5.75 Å². The molecule has 1 aliphatic heterocycles. The maximum absolute atomic E-state index is 14.3. The van der Waals surface area contributed by atoms with Crippen LogP contribution in [0, 0.1) is 29.1 Å². The van der Waals surface area contributed by atoms with Crippen LogP contribution in [0.1, 0.15) is 18.1 Å². The monoisotopic (exact) mass is 604 g/mol. The van der Waals surface area contributed by atoms with Gasteiger partial charge in [-0.3, -0.25) is 4.79 Å². The summed E-state index contributed by atoms with van der Waals surface area (Å²) in [7, 11) is 0. The van der Waals surface area contributed by atoms with Gasteiger partial charge < -0.3 is 4.74 Å². The van der Waals surface area contributed by atoms with Crippen LogP contribution < -0.4 is 9.75 Å². The molecule has 0 fully saturated rings. The third-order valence-corrected chi connectivity index (χ3v) is 6.15. The van der Waals surface area contributed by atoms with Crippen LogP contribution in [-0.4, -0.2) is 11.6 Å². The lowest BCUT2D eigenvalue weighted by molar-refractivity contribution is -0.114. The Hall–Kier alpha value is -2.95. The van der Waals surface area contributed by atoms with Crippen molar-refractivity contribution >= 4 is 62.5 Å². The van der Waals surface area contributed by atoms with Gasteiger partial charge in [0.25, 0.3) is 5.91 Å². The first-order chi connectivity index (χ1) is 17.0. The molecule has 12 heteroatoms. The Morgan fingerprint density at radius 2 is 1.53 bits per heavy atom. The first-order valence-electron chi connectivity index (χ1n) is 9.99. The highest BCUT2D eigenvalue weighted by Crippen LogP contribution is 2.37. The van der Waals surface area contributed by atoms with E-state index in [4.69, 9.17) is 27.9 Å². The molecule has 3 aromatic rings. The second-order valence-corrected chi connectivity index (χ2v) is 9.23. The molecule has 0 saturated carbocycles. The summed E-state index contributed by atoms with van der Waals surface area (Å²) in [6, 6.07) is 9.90. The summed E-state index contributed by atoms with van der Waals surface area (Å²) in [5, 5.41) is 4.67. The Labute approximate surface area is 219 Å². The van der Waals surface area contributed by atoms with E-state index in [0.29, 0.717) is 15.1 Å². The van der Waals surface area contributed by atoms with Gasteiger partial charge in [-0.2, -0.15) is 10.1 Å². The third-order valence-electron chi connectivity index (χ3n) is 5.09. The average Bonchev–Trinajstić information content (AvgIpc) is 3.10. The van der Waals surface area contributed by atoms with Gasteiger partial charge in [-0.05, 0) is 58.8 Å². The van der Waals surface area contributed by atoms with Gasteiger partial charge in [0.1, 0.15) is 18.0 Å². The zero-order valence-corrected chi connectivity index (χ0v) is 21.1. The molecule has 0 saturated heterocycles. The number of carbonyl (C=O) groups excluding carboxylic acids is 1. The van der Waals surface area contributed by atoms with Crippen LogP contribution in [0.5, 0.6) is 5.75 Å². The van der Waals surface area contributed by atoms with Crippen LogP contribution in [-0.2, 0) is 11.4 Å². The minimum atomic E-state index is -2.34. The van der Waals surface area contributed by atoms with E-state index in [1.165, 1.54) is 19.1 Å². The summed E-state index contributed by atoms with van der Waals surface area (Å²) >= 11 is 15.4. The molecule has 4 rings (SSSR count). The Balaban J connectivity index is 1.73. The van der Waals surface area contributed by atoms with Gasteiger partial charge in [0.2, 0.25) is 5.82 Å². The Bertz CT molecular complexity index is 1430. The zero-order chi connectivity index (χ0) is 26.3. The Morgan fingerprint density at radius 1 is 0.944 bits per heavy atom. The molecule has 1 amide bonds. The smallest absolute Gasteiger partial charge is 0.280 e. The van der Waals surface area contributed by atoms with E-state index in [1.54, 1.807) is 30.3 Å². The van der Waals surface area contributed by atoms with E-state index in [9.17, 15) is 26.7 Å². The molecular formula is C24H12BrCl2F5N2O2. The molecule has 0 radical (unpaired) electrons. The van der Waals surface area contributed by atoms with E-state index in [2.05, 4.69) is 21.0 Å². The second-order valence-electron chi connectivity index (χ2n) is 7.50. The molecule has 0 atom stereocenters. The molecule has 4 nitrogen and oxygen atoms in total. The van der Waals surface area contributed by atoms with E-state index in [-0.39, 0.29) is 33.7 Å². The minimum Gasteiger partial charge on any atom is -0.487 e. The summed E-state index contributed by atoms with van der Waals surface area (Å²) in [4.78, 5) is 13.0. The van der Waals surface area contributed by atoms with Crippen LogP contribution in [0.15, 0.2) is 51.5 Å². The summed E-state index contributed by atoms with van der Waals surface area (Å²) in [6.45, 7) is 1.45. The van der Waals surface area contributed by atoms with E-state index >= 15 is 0 Å². The minimum absolute atomic E-state index is 0.0382. The molecule has 0 aliphatic carbocycles. The third kappa shape index (κ3) is 4.85. The van der Waals surface area contributed by atoms with Gasteiger partial charge in [0.05, 0.1) is 15.8 Å². The molecule has 0 N–H and O–H groups in total. The topological polar surface area (TPSA) is 41.9 Å². The van der Waals surface area contributed by atoms with Gasteiger partial charge in [-0.1, -0.05) is 35.3 Å². The lowest BCUT2D eigenvalue weighted by Gasteiger charge is -2.15. The molecule has 0 aromatic heterocycles. The van der Waals surface area contributed by atoms with Gasteiger partial charge in [0, 0.05) is 15.6 Å². The highest BCUT2D eigenvalue weighted by Gasteiger charge is 2.37. The lowest BCUT2D eigenvalue weighted by Crippen LogP contribution is -2.25. The Kier molecular flexibility index (Phi) is 7.40. The van der Waals surface area contributed by atoms with Crippen molar-refractivity contribution in [2.24, 2.45) is 5.10 Å². The highest BCUT2D eigenvalue weighted by molar-refractivity contribution is 9.10. The predicted octanol–water partition coefficient (Wildman–Crippen LogP) is 7.84. The lowest BCUT2D eigenvalue weighted by atomic mass is 10.1. The largest absolute Gasteiger partial charge is 0.487 e. The van der Waals surface area contributed by atoms with Crippen molar-refractivity contribution in [2.45, 2.75) is 13.5 Å². The number of rotatable bonds is 5. The number of carbonyl (C=O) groups is 1. The fraction of sp³-hybridized carbons (Fsp3) is 0.0833. The van der Waals surface area contributed by atoms with E-state index < -0.39 is 40.7 Å². The number of hydrazone groups is 1. The normalized spacial score (nSPS) is 14.6. The van der Waals surface area contributed by atoms with Crippen molar-refractivity contribution in [1.29, 1.82) is 0 Å². The van der Waals surface area contributed by atoms with Gasteiger partial charge >= 0.3 is 0 Å². The molecule has 0 unspecified atom stereocenters. The first-order valence-corrected chi connectivity index (χ1v) is 11.5. The first kappa shape index (κ1) is 26.1. The summed E-state index contributed by atoms with van der Waals surface area (Å²) in [6.07, 6.45) is 1.29. The molecule has 0 spiro atoms. The van der Waals surface area contributed by atoms with Crippen molar-refractivity contribution in [3.63, 3.8) is 0 Å². The molecule has 0 bridgehead atoms. The quantitative estimate of drug-likeness (QED) is 0.129. The van der Waals surface area contributed by atoms with E-state index in [1.807, 2.05) is 0 Å². The molecule has 1 aliphatic rings. The molecule has 186 valence electrons. The second kappa shape index (κ2) is 10.2. The number of benzene rings is 3. The van der Waals surface area contributed by atoms with Crippen molar-refractivity contribution < 1.29 is 31.5 Å². The summed E-state index contributed by atoms with van der Waals surface area (Å²) in [5.74, 6) is -11.9. The van der Waals surface area contributed by atoms with Gasteiger partial charge in [0.15, 0.2) is 23.3 Å². The Morgan fingerprint density at radius 3 is 2.14 bits per heavy atom. The number of hydrogen-bond acceptors (Lipinski definition) is 3. The number of anilines is 1. The average molecular weight is 606 g/mol. The number of halogens is 8. The van der Waals surface area contributed by atoms with Crippen LogP contribution in [0.3, 0.4) is 0 Å². The number of ether oxygens (including phenoxy) is 1. The number of hydrogen-bond donors (Lipinski definition) is 0. The number of nitrogens with zero attached hydrogens (tertiary/aromatic N) is 2. The maximum Gasteiger partial charge on any atom is 0.280 e. The standard InChI is InChI=1S/C24H12BrCl2F5N2O2/c1-10-15(24(35)34(33-10)22-20(31)18(29)17(28)19(30)21(22)32)7-12-6-14(27)8-16(25)23(12)36-9-11-2-4-13(26)5-3-11/h2-8H,9H2,1H3/b15-7-. The van der Waals surface area contributed by atoms with Crippen LogP contribution in [0.2, 0.25) is 10.0 Å². The maximum atomic E-state index is 14.3. The molecular weight excluding hydrogens is 594 g/mol. The van der Waals surface area contributed by atoms with Crippen molar-refractivity contribution in [2.75, 3.05) is 5.01 Å². The molecule has 3 aromatic carbocycles. The molecule has 1 heterocycles. The fourth-order valence-electron chi connectivity index (χ4n) is 3.35. The highest BCUT2D eigenvalue weighted by atomic mass is 79.9. The van der Waals surface area contributed by atoms with Crippen LogP contribution in [0.25, 0.3) is 6.08 Å². The van der Waals surface area contributed by atoms with Crippen LogP contribution >= 0.6 is 39.1 Å². The zero-order valence-electron chi connectivity index (χ0n) is 18.0. The van der Waals surface area contributed by atoms with Gasteiger partial charge in [-0.15, -0.1) is 0 Å². The van der Waals surface area contributed by atoms with E-state index in [0.717, 1.165) is 5.56 Å². The van der Waals surface area contributed by atoms with Crippen molar-refractivity contribution in [3.05, 3.63) is 96.7 Å².